The van der Waals surface area contributed by atoms with Crippen LogP contribution in [-0.4, -0.2) is 55.2 Å². The van der Waals surface area contributed by atoms with Crippen molar-refractivity contribution in [3.05, 3.63) is 35.4 Å². The first-order valence-electron chi connectivity index (χ1n) is 10.4. The average molecular weight is 502 g/mol. The van der Waals surface area contributed by atoms with E-state index in [1.165, 1.54) is 11.1 Å². The van der Waals surface area contributed by atoms with Gasteiger partial charge in [0, 0.05) is 44.3 Å². The van der Waals surface area contributed by atoms with Gasteiger partial charge in [0.05, 0.1) is 6.54 Å². The van der Waals surface area contributed by atoms with Crippen molar-refractivity contribution in [3.8, 4) is 0 Å². The van der Waals surface area contributed by atoms with Crippen molar-refractivity contribution in [2.75, 3.05) is 32.7 Å². The summed E-state index contributed by atoms with van der Waals surface area (Å²) >= 11 is 0. The number of piperidine rings is 1. The molecular weight excluding hydrogens is 461 g/mol. The zero-order valence-corrected chi connectivity index (χ0v) is 20.7. The van der Waals surface area contributed by atoms with Crippen molar-refractivity contribution < 1.29 is 0 Å². The highest BCUT2D eigenvalue weighted by atomic mass is 127. The van der Waals surface area contributed by atoms with Gasteiger partial charge >= 0.3 is 0 Å². The largest absolute Gasteiger partial charge is 0.357 e. The summed E-state index contributed by atoms with van der Waals surface area (Å²) in [6.07, 6.45) is 2.33. The second kappa shape index (κ2) is 12.6. The molecule has 1 aromatic rings. The van der Waals surface area contributed by atoms with E-state index < -0.39 is 0 Å². The van der Waals surface area contributed by atoms with Crippen LogP contribution in [0.15, 0.2) is 29.3 Å². The van der Waals surface area contributed by atoms with E-state index in [1.807, 2.05) is 0 Å². The molecule has 1 heterocycles. The highest BCUT2D eigenvalue weighted by molar-refractivity contribution is 14.0. The molecule has 2 rings (SSSR count). The highest BCUT2D eigenvalue weighted by Crippen LogP contribution is 2.16. The molecule has 3 N–H and O–H groups in total. The molecule has 0 unspecified atom stereocenters. The van der Waals surface area contributed by atoms with E-state index in [4.69, 9.17) is 4.99 Å². The lowest BCUT2D eigenvalue weighted by Gasteiger charge is -2.33. The number of aliphatic imine (C=N–C) groups is 1. The van der Waals surface area contributed by atoms with Crippen LogP contribution in [0.5, 0.6) is 0 Å². The van der Waals surface area contributed by atoms with Gasteiger partial charge in [-0.05, 0) is 58.6 Å². The fourth-order valence-electron chi connectivity index (χ4n) is 3.38. The SMILES string of the molecule is CCNC(=NCCNC(C)(C)C)NC1CCN(Cc2ccccc2C)CC1.I. The Bertz CT molecular complexity index is 589. The molecule has 1 aliphatic rings. The van der Waals surface area contributed by atoms with Gasteiger partial charge < -0.3 is 16.0 Å². The lowest BCUT2D eigenvalue weighted by Crippen LogP contribution is -2.48. The van der Waals surface area contributed by atoms with Gasteiger partial charge in [-0.2, -0.15) is 0 Å². The lowest BCUT2D eigenvalue weighted by atomic mass is 10.0. The first-order valence-corrected chi connectivity index (χ1v) is 10.4. The number of likely N-dealkylation sites (tertiary alicyclic amines) is 1. The zero-order valence-electron chi connectivity index (χ0n) is 18.3. The highest BCUT2D eigenvalue weighted by Gasteiger charge is 2.20. The van der Waals surface area contributed by atoms with Gasteiger partial charge in [-0.1, -0.05) is 24.3 Å². The first kappa shape index (κ1) is 25.2. The van der Waals surface area contributed by atoms with Crippen LogP contribution in [0.3, 0.4) is 0 Å². The van der Waals surface area contributed by atoms with Crippen LogP contribution in [-0.2, 0) is 6.54 Å². The van der Waals surface area contributed by atoms with Crippen molar-refractivity contribution in [3.63, 3.8) is 0 Å². The third-order valence-corrected chi connectivity index (χ3v) is 4.96. The van der Waals surface area contributed by atoms with Crippen LogP contribution in [0.1, 0.15) is 51.7 Å². The number of aryl methyl sites for hydroxylation is 1. The predicted molar refractivity (Wildman–Crippen MR) is 132 cm³/mol. The van der Waals surface area contributed by atoms with Gasteiger partial charge in [0.2, 0.25) is 0 Å². The normalized spacial score (nSPS) is 16.5. The third-order valence-electron chi connectivity index (χ3n) is 4.96. The zero-order chi connectivity index (χ0) is 19.7. The van der Waals surface area contributed by atoms with Crippen molar-refractivity contribution in [2.45, 2.75) is 65.6 Å². The van der Waals surface area contributed by atoms with Crippen molar-refractivity contribution in [1.82, 2.24) is 20.9 Å². The number of hydrogen-bond donors (Lipinski definition) is 3. The van der Waals surface area contributed by atoms with Crippen LogP contribution in [0.2, 0.25) is 0 Å². The Hall–Kier alpha value is -0.860. The summed E-state index contributed by atoms with van der Waals surface area (Å²) in [4.78, 5) is 7.29. The first-order chi connectivity index (χ1) is 12.9. The van der Waals surface area contributed by atoms with E-state index in [9.17, 15) is 0 Å². The summed E-state index contributed by atoms with van der Waals surface area (Å²) in [5, 5.41) is 10.5. The van der Waals surface area contributed by atoms with Crippen LogP contribution >= 0.6 is 24.0 Å². The number of nitrogens with one attached hydrogen (secondary N) is 3. The fraction of sp³-hybridized carbons (Fsp3) is 0.682. The summed E-state index contributed by atoms with van der Waals surface area (Å²) in [6, 6.07) is 9.22. The Kier molecular flexibility index (Phi) is 11.4. The maximum absolute atomic E-state index is 4.73. The molecule has 0 aromatic heterocycles. The van der Waals surface area contributed by atoms with Crippen molar-refractivity contribution in [2.24, 2.45) is 4.99 Å². The number of halogens is 1. The Balaban J connectivity index is 0.00000392. The van der Waals surface area contributed by atoms with E-state index in [0.29, 0.717) is 6.04 Å². The minimum absolute atomic E-state index is 0. The standard InChI is InChI=1S/C22H39N5.HI/c1-6-23-21(24-13-14-25-22(3,4)5)26-20-11-15-27(16-12-20)17-19-10-8-7-9-18(19)2;/h7-10,20,25H,6,11-17H2,1-5H3,(H2,23,24,26);1H. The molecule has 0 spiro atoms. The quantitative estimate of drug-likeness (QED) is 0.232. The molecule has 0 radical (unpaired) electrons. The van der Waals surface area contributed by atoms with E-state index in [1.54, 1.807) is 0 Å². The summed E-state index contributed by atoms with van der Waals surface area (Å²) < 4.78 is 0. The van der Waals surface area contributed by atoms with Gasteiger partial charge in [-0.3, -0.25) is 9.89 Å². The summed E-state index contributed by atoms with van der Waals surface area (Å²) in [6.45, 7) is 16.8. The molecule has 1 fully saturated rings. The molecule has 0 aliphatic carbocycles. The van der Waals surface area contributed by atoms with Gasteiger partial charge in [0.15, 0.2) is 5.96 Å². The second-order valence-corrected chi connectivity index (χ2v) is 8.56. The third kappa shape index (κ3) is 9.56. The van der Waals surface area contributed by atoms with Crippen molar-refractivity contribution >= 4 is 29.9 Å². The number of hydrogen-bond acceptors (Lipinski definition) is 3. The molecule has 0 bridgehead atoms. The van der Waals surface area contributed by atoms with E-state index in [2.05, 4.69) is 79.7 Å². The molecule has 0 saturated carbocycles. The van der Waals surface area contributed by atoms with E-state index in [0.717, 1.165) is 58.1 Å². The Morgan fingerprint density at radius 2 is 1.86 bits per heavy atom. The van der Waals surface area contributed by atoms with Crippen LogP contribution in [0.4, 0.5) is 0 Å². The van der Waals surface area contributed by atoms with Crippen molar-refractivity contribution in [1.29, 1.82) is 0 Å². The van der Waals surface area contributed by atoms with Gasteiger partial charge in [-0.15, -0.1) is 24.0 Å². The van der Waals surface area contributed by atoms with Gasteiger partial charge in [0.25, 0.3) is 0 Å². The molecule has 0 amide bonds. The fourth-order valence-corrected chi connectivity index (χ4v) is 3.38. The molecule has 5 nitrogen and oxygen atoms in total. The van der Waals surface area contributed by atoms with Crippen LogP contribution in [0.25, 0.3) is 0 Å². The lowest BCUT2D eigenvalue weighted by molar-refractivity contribution is 0.198. The Morgan fingerprint density at radius 3 is 2.46 bits per heavy atom. The van der Waals surface area contributed by atoms with Gasteiger partial charge in [0.1, 0.15) is 0 Å². The molecule has 160 valence electrons. The van der Waals surface area contributed by atoms with Crippen LogP contribution in [0, 0.1) is 6.92 Å². The number of rotatable bonds is 7. The monoisotopic (exact) mass is 501 g/mol. The van der Waals surface area contributed by atoms with Gasteiger partial charge in [-0.25, -0.2) is 0 Å². The maximum Gasteiger partial charge on any atom is 0.191 e. The molecule has 28 heavy (non-hydrogen) atoms. The molecular formula is C22H40IN5. The number of guanidine groups is 1. The minimum Gasteiger partial charge on any atom is -0.357 e. The minimum atomic E-state index is 0. The van der Waals surface area contributed by atoms with E-state index >= 15 is 0 Å². The average Bonchev–Trinajstić information content (AvgIpc) is 2.61. The molecule has 6 heteroatoms. The summed E-state index contributed by atoms with van der Waals surface area (Å²) in [5.41, 5.74) is 2.99. The Labute approximate surface area is 189 Å². The topological polar surface area (TPSA) is 51.7 Å². The maximum atomic E-state index is 4.73. The van der Waals surface area contributed by atoms with E-state index in [-0.39, 0.29) is 29.5 Å². The smallest absolute Gasteiger partial charge is 0.191 e. The Morgan fingerprint density at radius 1 is 1.18 bits per heavy atom. The number of nitrogens with zero attached hydrogens (tertiary/aromatic N) is 2. The molecule has 1 saturated heterocycles. The number of benzene rings is 1. The second-order valence-electron chi connectivity index (χ2n) is 8.56. The predicted octanol–water partition coefficient (Wildman–Crippen LogP) is 3.52. The summed E-state index contributed by atoms with van der Waals surface area (Å²) in [7, 11) is 0. The molecule has 1 aliphatic heterocycles. The van der Waals surface area contributed by atoms with Crippen LogP contribution < -0.4 is 16.0 Å². The molecule has 0 atom stereocenters. The summed E-state index contributed by atoms with van der Waals surface area (Å²) in [5.74, 6) is 0.950. The molecule has 1 aromatic carbocycles.